The molecule has 0 saturated carbocycles. The summed E-state index contributed by atoms with van der Waals surface area (Å²) in [6, 6.07) is 0.886. The van der Waals surface area contributed by atoms with E-state index in [1.807, 2.05) is 0 Å². The largest absolute Gasteiger partial charge is 0.500 e. The van der Waals surface area contributed by atoms with E-state index in [9.17, 15) is 0 Å². The van der Waals surface area contributed by atoms with Gasteiger partial charge in [-0.1, -0.05) is 13.8 Å². The van der Waals surface area contributed by atoms with E-state index >= 15 is 0 Å². The molecule has 0 aromatic heterocycles. The summed E-state index contributed by atoms with van der Waals surface area (Å²) < 4.78 is 16.7. The van der Waals surface area contributed by atoms with Gasteiger partial charge >= 0.3 is 8.80 Å². The van der Waals surface area contributed by atoms with Gasteiger partial charge in [0.2, 0.25) is 0 Å². The minimum atomic E-state index is -2.36. The highest BCUT2D eigenvalue weighted by Crippen LogP contribution is 2.15. The average Bonchev–Trinajstić information content (AvgIpc) is 2.33. The van der Waals surface area contributed by atoms with Gasteiger partial charge in [0.25, 0.3) is 0 Å². The van der Waals surface area contributed by atoms with Crippen LogP contribution in [0.5, 0.6) is 0 Å². The molecule has 0 aliphatic heterocycles. The zero-order valence-corrected chi connectivity index (χ0v) is 12.2. The van der Waals surface area contributed by atoms with Crippen molar-refractivity contribution in [3.63, 3.8) is 0 Å². The summed E-state index contributed by atoms with van der Waals surface area (Å²) in [7, 11) is 1.01. The van der Waals surface area contributed by atoms with E-state index < -0.39 is 8.80 Å². The fourth-order valence-corrected chi connectivity index (χ4v) is 3.55. The third-order valence-electron chi connectivity index (χ3n) is 2.41. The summed E-state index contributed by atoms with van der Waals surface area (Å²) in [5.74, 6) is 0. The van der Waals surface area contributed by atoms with Crippen LogP contribution in [0.4, 0.5) is 0 Å². The number of rotatable bonds is 11. The van der Waals surface area contributed by atoms with Crippen molar-refractivity contribution in [1.82, 2.24) is 5.32 Å². The maximum absolute atomic E-state index is 5.75. The molecule has 4 nitrogen and oxygen atoms in total. The van der Waals surface area contributed by atoms with Crippen molar-refractivity contribution in [3.8, 4) is 0 Å². The van der Waals surface area contributed by atoms with Crippen LogP contribution < -0.4 is 5.32 Å². The minimum Gasteiger partial charge on any atom is -0.377 e. The molecule has 0 aliphatic carbocycles. The van der Waals surface area contributed by atoms with Gasteiger partial charge in [-0.3, -0.25) is 0 Å². The smallest absolute Gasteiger partial charge is 0.377 e. The predicted molar refractivity (Wildman–Crippen MR) is 68.6 cm³/mol. The first kappa shape index (κ1) is 16.1. The Hall–Kier alpha value is 0.0569. The number of hydrogen-bond donors (Lipinski definition) is 1. The van der Waals surface area contributed by atoms with Gasteiger partial charge in [-0.2, -0.15) is 0 Å². The van der Waals surface area contributed by atoms with E-state index in [1.54, 1.807) is 14.2 Å². The van der Waals surface area contributed by atoms with Crippen molar-refractivity contribution in [2.24, 2.45) is 0 Å². The minimum absolute atomic E-state index is 0.719. The van der Waals surface area contributed by atoms with Gasteiger partial charge in [0, 0.05) is 26.9 Å². The lowest BCUT2D eigenvalue weighted by Gasteiger charge is -2.26. The van der Waals surface area contributed by atoms with Gasteiger partial charge in [0.05, 0.1) is 0 Å². The number of hydrogen-bond acceptors (Lipinski definition) is 4. The van der Waals surface area contributed by atoms with Crippen LogP contribution in [0.3, 0.4) is 0 Å². The van der Waals surface area contributed by atoms with Crippen LogP contribution in [0.2, 0.25) is 6.04 Å². The molecule has 0 radical (unpaired) electrons. The van der Waals surface area contributed by atoms with E-state index in [1.165, 1.54) is 6.42 Å². The summed E-state index contributed by atoms with van der Waals surface area (Å²) >= 11 is 0. The molecule has 1 N–H and O–H groups in total. The molecule has 0 heterocycles. The highest BCUT2D eigenvalue weighted by atomic mass is 28.4. The van der Waals surface area contributed by atoms with E-state index in [4.69, 9.17) is 13.3 Å². The molecular formula is C11H27NO3Si. The molecule has 5 heteroatoms. The molecule has 0 spiro atoms. The quantitative estimate of drug-likeness (QED) is 0.449. The molecule has 0 saturated heterocycles. The summed E-state index contributed by atoms with van der Waals surface area (Å²) in [5, 5.41) is 3.37. The molecule has 0 fully saturated rings. The summed E-state index contributed by atoms with van der Waals surface area (Å²) in [4.78, 5) is 0. The van der Waals surface area contributed by atoms with Gasteiger partial charge in [0.1, 0.15) is 0 Å². The summed E-state index contributed by atoms with van der Waals surface area (Å²) in [6.07, 6.45) is 3.20. The second-order valence-corrected chi connectivity index (χ2v) is 6.76. The third-order valence-corrected chi connectivity index (χ3v) is 5.27. The predicted octanol–water partition coefficient (Wildman–Crippen LogP) is 2.03. The van der Waals surface area contributed by atoms with Crippen LogP contribution in [-0.4, -0.2) is 42.7 Å². The van der Waals surface area contributed by atoms with Gasteiger partial charge < -0.3 is 18.6 Å². The van der Waals surface area contributed by atoms with Crippen LogP contribution >= 0.6 is 0 Å². The van der Waals surface area contributed by atoms with Crippen LogP contribution in [0.1, 0.15) is 33.1 Å². The molecule has 0 atom stereocenters. The van der Waals surface area contributed by atoms with Crippen molar-refractivity contribution >= 4 is 8.80 Å². The van der Waals surface area contributed by atoms with Gasteiger partial charge in [-0.05, 0) is 32.4 Å². The zero-order valence-electron chi connectivity index (χ0n) is 11.2. The molecule has 0 aliphatic rings. The Morgan fingerprint density at radius 2 is 1.69 bits per heavy atom. The van der Waals surface area contributed by atoms with E-state index in [2.05, 4.69) is 19.2 Å². The highest BCUT2D eigenvalue weighted by Gasteiger charge is 2.37. The van der Waals surface area contributed by atoms with Gasteiger partial charge in [-0.25, -0.2) is 0 Å². The SMILES string of the molecule is CCCNCCC[Si](OC)(OC)OCCC. The Kier molecular flexibility index (Phi) is 10.3. The first-order valence-corrected chi connectivity index (χ1v) is 8.12. The van der Waals surface area contributed by atoms with Crippen LogP contribution in [-0.2, 0) is 13.3 Å². The monoisotopic (exact) mass is 249 g/mol. The molecule has 0 rings (SSSR count). The molecule has 0 aromatic rings. The first-order chi connectivity index (χ1) is 7.74. The van der Waals surface area contributed by atoms with Crippen LogP contribution in [0.25, 0.3) is 0 Å². The summed E-state index contributed by atoms with van der Waals surface area (Å²) in [6.45, 7) is 7.05. The lowest BCUT2D eigenvalue weighted by molar-refractivity contribution is 0.0978. The Balaban J connectivity index is 3.82. The molecule has 16 heavy (non-hydrogen) atoms. The van der Waals surface area contributed by atoms with Crippen molar-refractivity contribution in [1.29, 1.82) is 0 Å². The Labute approximate surface area is 101 Å². The summed E-state index contributed by atoms with van der Waals surface area (Å²) in [5.41, 5.74) is 0. The Morgan fingerprint density at radius 1 is 1.00 bits per heavy atom. The fourth-order valence-electron chi connectivity index (χ4n) is 1.47. The van der Waals surface area contributed by atoms with Crippen LogP contribution in [0, 0.1) is 0 Å². The maximum atomic E-state index is 5.75. The van der Waals surface area contributed by atoms with E-state index in [0.29, 0.717) is 0 Å². The Morgan fingerprint density at radius 3 is 2.19 bits per heavy atom. The standard InChI is InChI=1S/C11H27NO3Si/c1-5-8-12-9-7-11-16(13-3,14-4)15-10-6-2/h12H,5-11H2,1-4H3. The maximum Gasteiger partial charge on any atom is 0.500 e. The van der Waals surface area contributed by atoms with Crippen LogP contribution in [0.15, 0.2) is 0 Å². The third kappa shape index (κ3) is 6.60. The zero-order chi connectivity index (χ0) is 12.3. The number of nitrogens with one attached hydrogen (secondary N) is 1. The molecule has 98 valence electrons. The van der Waals surface area contributed by atoms with Crippen molar-refractivity contribution in [2.75, 3.05) is 33.9 Å². The average molecular weight is 249 g/mol. The van der Waals surface area contributed by atoms with Crippen molar-refractivity contribution in [3.05, 3.63) is 0 Å². The highest BCUT2D eigenvalue weighted by molar-refractivity contribution is 6.60. The lowest BCUT2D eigenvalue weighted by Crippen LogP contribution is -2.44. The lowest BCUT2D eigenvalue weighted by atomic mass is 10.4. The Bertz CT molecular complexity index is 154. The first-order valence-electron chi connectivity index (χ1n) is 6.19. The van der Waals surface area contributed by atoms with Crippen molar-refractivity contribution in [2.45, 2.75) is 39.2 Å². The van der Waals surface area contributed by atoms with E-state index in [-0.39, 0.29) is 0 Å². The molecule has 0 unspecified atom stereocenters. The molecule has 0 aromatic carbocycles. The van der Waals surface area contributed by atoms with E-state index in [0.717, 1.165) is 38.6 Å². The molecule has 0 amide bonds. The molecular weight excluding hydrogens is 222 g/mol. The second kappa shape index (κ2) is 10.2. The topological polar surface area (TPSA) is 39.7 Å². The normalized spacial score (nSPS) is 12.0. The fraction of sp³-hybridized carbons (Fsp3) is 1.00. The second-order valence-electron chi connectivity index (χ2n) is 3.79. The van der Waals surface area contributed by atoms with Gasteiger partial charge in [0.15, 0.2) is 0 Å². The molecule has 0 bridgehead atoms. The van der Waals surface area contributed by atoms with Gasteiger partial charge in [-0.15, -0.1) is 0 Å². The van der Waals surface area contributed by atoms with Crippen molar-refractivity contribution < 1.29 is 13.3 Å².